The van der Waals surface area contributed by atoms with Crippen LogP contribution in [0.4, 0.5) is 10.1 Å². The van der Waals surface area contributed by atoms with E-state index in [-0.39, 0.29) is 17.6 Å². The second-order valence-corrected chi connectivity index (χ2v) is 5.64. The first-order chi connectivity index (χ1) is 11.0. The summed E-state index contributed by atoms with van der Waals surface area (Å²) in [4.78, 5) is 23.7. The third-order valence-electron chi connectivity index (χ3n) is 3.98. The second-order valence-electron chi connectivity index (χ2n) is 5.64. The maximum Gasteiger partial charge on any atom is 0.251 e. The van der Waals surface area contributed by atoms with Gasteiger partial charge in [-0.2, -0.15) is 0 Å². The fraction of sp³-hybridized carbons (Fsp3) is 0.222. The van der Waals surface area contributed by atoms with E-state index in [4.69, 9.17) is 0 Å². The van der Waals surface area contributed by atoms with Gasteiger partial charge in [0.15, 0.2) is 0 Å². The lowest BCUT2D eigenvalue weighted by Gasteiger charge is -2.19. The topological polar surface area (TPSA) is 58.2 Å². The Kier molecular flexibility index (Phi) is 4.10. The number of fused-ring (bicyclic) bond motifs is 1. The van der Waals surface area contributed by atoms with Crippen molar-refractivity contribution < 1.29 is 14.0 Å². The van der Waals surface area contributed by atoms with Crippen molar-refractivity contribution in [3.8, 4) is 0 Å². The average molecular weight is 312 g/mol. The van der Waals surface area contributed by atoms with Crippen LogP contribution in [0.1, 0.15) is 40.9 Å². The van der Waals surface area contributed by atoms with Crippen molar-refractivity contribution in [1.82, 2.24) is 5.32 Å². The number of hydrogen-bond donors (Lipinski definition) is 2. The first-order valence-corrected chi connectivity index (χ1v) is 7.52. The molecule has 0 spiro atoms. The number of benzene rings is 2. The summed E-state index contributed by atoms with van der Waals surface area (Å²) < 4.78 is 13.8. The molecular weight excluding hydrogens is 295 g/mol. The van der Waals surface area contributed by atoms with E-state index in [0.717, 1.165) is 11.3 Å². The molecule has 2 aromatic carbocycles. The average Bonchev–Trinajstić information content (AvgIpc) is 2.54. The van der Waals surface area contributed by atoms with Crippen molar-refractivity contribution in [2.24, 2.45) is 0 Å². The van der Waals surface area contributed by atoms with E-state index in [2.05, 4.69) is 10.6 Å². The van der Waals surface area contributed by atoms with Crippen LogP contribution < -0.4 is 10.6 Å². The van der Waals surface area contributed by atoms with E-state index < -0.39 is 6.04 Å². The van der Waals surface area contributed by atoms with Crippen molar-refractivity contribution >= 4 is 17.5 Å². The van der Waals surface area contributed by atoms with Gasteiger partial charge in [-0.15, -0.1) is 0 Å². The Morgan fingerprint density at radius 3 is 2.78 bits per heavy atom. The number of aryl methyl sites for hydroxylation is 1. The van der Waals surface area contributed by atoms with Gasteiger partial charge in [0.05, 0.1) is 6.04 Å². The summed E-state index contributed by atoms with van der Waals surface area (Å²) in [6, 6.07) is 11.1. The van der Waals surface area contributed by atoms with E-state index >= 15 is 0 Å². The summed E-state index contributed by atoms with van der Waals surface area (Å²) >= 11 is 0. The van der Waals surface area contributed by atoms with Gasteiger partial charge in [-0.05, 0) is 43.2 Å². The summed E-state index contributed by atoms with van der Waals surface area (Å²) in [5, 5.41) is 5.58. The highest BCUT2D eigenvalue weighted by molar-refractivity contribution is 5.98. The Morgan fingerprint density at radius 2 is 2.00 bits per heavy atom. The van der Waals surface area contributed by atoms with Gasteiger partial charge in [0.2, 0.25) is 5.91 Å². The van der Waals surface area contributed by atoms with Crippen molar-refractivity contribution in [2.75, 3.05) is 5.32 Å². The molecule has 1 atom stereocenters. The Labute approximate surface area is 133 Å². The van der Waals surface area contributed by atoms with Gasteiger partial charge in [0, 0.05) is 23.2 Å². The predicted octanol–water partition coefficient (Wildman–Crippen LogP) is 3.20. The predicted molar refractivity (Wildman–Crippen MR) is 85.7 cm³/mol. The van der Waals surface area contributed by atoms with Crippen molar-refractivity contribution in [3.05, 3.63) is 65.0 Å². The van der Waals surface area contributed by atoms with Gasteiger partial charge in [0.1, 0.15) is 5.82 Å². The first-order valence-electron chi connectivity index (χ1n) is 7.52. The molecule has 118 valence electrons. The summed E-state index contributed by atoms with van der Waals surface area (Å²) in [6.07, 6.45) is 1.04. The molecule has 1 aliphatic heterocycles. The smallest absolute Gasteiger partial charge is 0.251 e. The lowest BCUT2D eigenvalue weighted by molar-refractivity contribution is -0.116. The third kappa shape index (κ3) is 3.23. The summed E-state index contributed by atoms with van der Waals surface area (Å²) in [5.74, 6) is -0.614. The van der Waals surface area contributed by atoms with Crippen molar-refractivity contribution in [2.45, 2.75) is 25.8 Å². The van der Waals surface area contributed by atoms with E-state index in [1.165, 1.54) is 6.07 Å². The summed E-state index contributed by atoms with van der Waals surface area (Å²) in [6.45, 7) is 1.74. The Morgan fingerprint density at radius 1 is 1.22 bits per heavy atom. The number of halogens is 1. The zero-order chi connectivity index (χ0) is 16.4. The number of anilines is 1. The van der Waals surface area contributed by atoms with Crippen molar-refractivity contribution in [3.63, 3.8) is 0 Å². The highest BCUT2D eigenvalue weighted by atomic mass is 19.1. The fourth-order valence-electron chi connectivity index (χ4n) is 2.71. The molecule has 0 saturated carbocycles. The summed E-state index contributed by atoms with van der Waals surface area (Å²) in [5.41, 5.74) is 2.64. The van der Waals surface area contributed by atoms with Crippen LogP contribution in [0, 0.1) is 5.82 Å². The Hall–Kier alpha value is -2.69. The molecule has 2 amide bonds. The molecule has 0 fully saturated rings. The first kappa shape index (κ1) is 15.2. The molecule has 0 radical (unpaired) electrons. The van der Waals surface area contributed by atoms with E-state index in [9.17, 15) is 14.0 Å². The summed E-state index contributed by atoms with van der Waals surface area (Å²) in [7, 11) is 0. The zero-order valence-corrected chi connectivity index (χ0v) is 12.7. The molecule has 1 aliphatic rings. The van der Waals surface area contributed by atoms with Gasteiger partial charge in [0.25, 0.3) is 5.91 Å². The van der Waals surface area contributed by atoms with Crippen LogP contribution >= 0.6 is 0 Å². The molecule has 0 aromatic heterocycles. The Balaban J connectivity index is 1.76. The maximum atomic E-state index is 13.8. The molecule has 1 heterocycles. The molecule has 4 nitrogen and oxygen atoms in total. The largest absolute Gasteiger partial charge is 0.345 e. The number of carbonyl (C=O) groups excluding carboxylic acids is 2. The minimum Gasteiger partial charge on any atom is -0.345 e. The van der Waals surface area contributed by atoms with Gasteiger partial charge in [-0.3, -0.25) is 9.59 Å². The molecule has 0 saturated heterocycles. The standard InChI is InChI=1S/C18H17FN2O2/c1-11(14-4-2-3-5-15(14)19)20-18(23)13-6-8-16-12(10-13)7-9-17(22)21-16/h2-6,8,10-11H,7,9H2,1H3,(H,20,23)(H,21,22)/t11-/m0/s1. The van der Waals surface area contributed by atoms with E-state index in [0.29, 0.717) is 24.0 Å². The highest BCUT2D eigenvalue weighted by Gasteiger charge is 2.18. The second kappa shape index (κ2) is 6.20. The van der Waals surface area contributed by atoms with Crippen LogP contribution in [0.2, 0.25) is 0 Å². The Bertz CT molecular complexity index is 773. The molecule has 2 aromatic rings. The number of hydrogen-bond acceptors (Lipinski definition) is 2. The van der Waals surface area contributed by atoms with E-state index in [1.54, 1.807) is 43.3 Å². The van der Waals surface area contributed by atoms with Crippen LogP contribution in [-0.4, -0.2) is 11.8 Å². The monoisotopic (exact) mass is 312 g/mol. The third-order valence-corrected chi connectivity index (χ3v) is 3.98. The molecular formula is C18H17FN2O2. The van der Waals surface area contributed by atoms with Crippen LogP contribution in [-0.2, 0) is 11.2 Å². The maximum absolute atomic E-state index is 13.8. The lowest BCUT2D eigenvalue weighted by Crippen LogP contribution is -2.27. The SMILES string of the molecule is C[C@H](NC(=O)c1ccc2c(c1)CCC(=O)N2)c1ccccc1F. The van der Waals surface area contributed by atoms with Crippen LogP contribution in [0.15, 0.2) is 42.5 Å². The lowest BCUT2D eigenvalue weighted by atomic mass is 10.00. The minimum absolute atomic E-state index is 0.0112. The molecule has 0 unspecified atom stereocenters. The number of rotatable bonds is 3. The van der Waals surface area contributed by atoms with Crippen LogP contribution in [0.3, 0.4) is 0 Å². The molecule has 2 N–H and O–H groups in total. The molecule has 0 bridgehead atoms. The normalized spacial score (nSPS) is 14.6. The fourth-order valence-corrected chi connectivity index (χ4v) is 2.71. The molecule has 23 heavy (non-hydrogen) atoms. The van der Waals surface area contributed by atoms with Crippen LogP contribution in [0.25, 0.3) is 0 Å². The minimum atomic E-state index is -0.431. The quantitative estimate of drug-likeness (QED) is 0.914. The van der Waals surface area contributed by atoms with Gasteiger partial charge in [-0.25, -0.2) is 4.39 Å². The van der Waals surface area contributed by atoms with Gasteiger partial charge >= 0.3 is 0 Å². The van der Waals surface area contributed by atoms with Crippen molar-refractivity contribution in [1.29, 1.82) is 0 Å². The molecule has 5 heteroatoms. The number of nitrogens with one attached hydrogen (secondary N) is 2. The van der Waals surface area contributed by atoms with Crippen LogP contribution in [0.5, 0.6) is 0 Å². The molecule has 3 rings (SSSR count). The van der Waals surface area contributed by atoms with E-state index in [1.807, 2.05) is 0 Å². The zero-order valence-electron chi connectivity index (χ0n) is 12.7. The van der Waals surface area contributed by atoms with Gasteiger partial charge in [-0.1, -0.05) is 18.2 Å². The molecule has 0 aliphatic carbocycles. The number of carbonyl (C=O) groups is 2. The number of amides is 2. The highest BCUT2D eigenvalue weighted by Crippen LogP contribution is 2.24. The van der Waals surface area contributed by atoms with Gasteiger partial charge < -0.3 is 10.6 Å².